The number of methoxy groups -OCH3 is 2. The Kier molecular flexibility index (Phi) is 3.29. The van der Waals surface area contributed by atoms with Crippen molar-refractivity contribution in [3.63, 3.8) is 0 Å². The largest absolute Gasteiger partial charge is 0.480 e. The molecule has 0 aromatic carbocycles. The molecule has 0 unspecified atom stereocenters. The summed E-state index contributed by atoms with van der Waals surface area (Å²) in [6.45, 7) is 0. The molecule has 7 heteroatoms. The fraction of sp³-hybridized carbons (Fsp3) is 0.200. The van der Waals surface area contributed by atoms with Crippen molar-refractivity contribution in [2.75, 3.05) is 14.2 Å². The van der Waals surface area contributed by atoms with E-state index in [2.05, 4.69) is 19.9 Å². The first-order valence-corrected chi connectivity index (χ1v) is 5.48. The minimum absolute atomic E-state index is 0.407. The fourth-order valence-corrected chi connectivity index (χ4v) is 1.93. The molecule has 0 fully saturated rings. The van der Waals surface area contributed by atoms with Crippen molar-refractivity contribution in [2.24, 2.45) is 0 Å². The first-order valence-electron chi connectivity index (χ1n) is 4.67. The van der Waals surface area contributed by atoms with E-state index in [0.717, 1.165) is 0 Å². The Morgan fingerprint density at radius 2 is 2.12 bits per heavy atom. The van der Waals surface area contributed by atoms with Crippen molar-refractivity contribution in [1.29, 1.82) is 0 Å². The van der Waals surface area contributed by atoms with Gasteiger partial charge in [0.2, 0.25) is 5.88 Å². The molecule has 0 aliphatic rings. The predicted octanol–water partition coefficient (Wildman–Crippen LogP) is 1.40. The van der Waals surface area contributed by atoms with Gasteiger partial charge in [-0.1, -0.05) is 0 Å². The van der Waals surface area contributed by atoms with E-state index < -0.39 is 5.97 Å². The van der Waals surface area contributed by atoms with Crippen LogP contribution in [0.5, 0.6) is 5.88 Å². The number of carbonyl (C=O) groups excluding carboxylic acids is 1. The zero-order valence-electron chi connectivity index (χ0n) is 9.21. The Morgan fingerprint density at radius 1 is 1.29 bits per heavy atom. The third-order valence-electron chi connectivity index (χ3n) is 1.96. The number of hydrogen-bond donors (Lipinski definition) is 0. The maximum atomic E-state index is 11.3. The molecule has 17 heavy (non-hydrogen) atoms. The lowest BCUT2D eigenvalue weighted by Crippen LogP contribution is -1.96. The summed E-state index contributed by atoms with van der Waals surface area (Å²) in [5.41, 5.74) is 0.589. The van der Waals surface area contributed by atoms with Gasteiger partial charge in [-0.25, -0.2) is 9.78 Å². The second kappa shape index (κ2) is 4.88. The Balaban J connectivity index is 2.27. The molecule has 88 valence electrons. The minimum atomic E-state index is -0.407. The first kappa shape index (κ1) is 11.5. The van der Waals surface area contributed by atoms with Crippen LogP contribution < -0.4 is 4.74 Å². The van der Waals surface area contributed by atoms with Gasteiger partial charge in [-0.2, -0.15) is 0 Å². The summed E-state index contributed by atoms with van der Waals surface area (Å²) in [5, 5.41) is 8.38. The highest BCUT2D eigenvalue weighted by Gasteiger charge is 2.12. The summed E-state index contributed by atoms with van der Waals surface area (Å²) in [6, 6.07) is 3.41. The van der Waals surface area contributed by atoms with Crippen molar-refractivity contribution < 1.29 is 14.3 Å². The number of rotatable bonds is 3. The number of esters is 1. The van der Waals surface area contributed by atoms with Crippen LogP contribution in [0.1, 0.15) is 9.67 Å². The van der Waals surface area contributed by atoms with Gasteiger partial charge in [0.15, 0.2) is 0 Å². The quantitative estimate of drug-likeness (QED) is 0.767. The molecule has 2 rings (SSSR count). The van der Waals surface area contributed by atoms with E-state index in [9.17, 15) is 4.79 Å². The number of ether oxygens (including phenoxy) is 2. The monoisotopic (exact) mass is 251 g/mol. The molecule has 2 heterocycles. The van der Waals surface area contributed by atoms with Gasteiger partial charge < -0.3 is 9.47 Å². The van der Waals surface area contributed by atoms with Gasteiger partial charge in [-0.15, -0.1) is 21.5 Å². The zero-order chi connectivity index (χ0) is 12.3. The summed E-state index contributed by atoms with van der Waals surface area (Å²) in [6.07, 6.45) is 1.46. The molecule has 0 radical (unpaired) electrons. The first-order chi connectivity index (χ1) is 8.24. The number of carbonyl (C=O) groups is 1. The topological polar surface area (TPSA) is 74.2 Å². The van der Waals surface area contributed by atoms with Crippen LogP contribution >= 0.6 is 11.3 Å². The lowest BCUT2D eigenvalue weighted by Gasteiger charge is -1.97. The van der Waals surface area contributed by atoms with Crippen LogP contribution in [0.4, 0.5) is 0 Å². The van der Waals surface area contributed by atoms with Crippen LogP contribution in [-0.2, 0) is 4.74 Å². The van der Waals surface area contributed by atoms with E-state index in [4.69, 9.17) is 4.74 Å². The van der Waals surface area contributed by atoms with Gasteiger partial charge in [0.25, 0.3) is 0 Å². The summed E-state index contributed by atoms with van der Waals surface area (Å²) < 4.78 is 9.50. The molecule has 6 nitrogen and oxygen atoms in total. The van der Waals surface area contributed by atoms with Crippen LogP contribution in [0, 0.1) is 0 Å². The molecule has 0 spiro atoms. The van der Waals surface area contributed by atoms with E-state index >= 15 is 0 Å². The molecule has 0 saturated carbocycles. The van der Waals surface area contributed by atoms with E-state index in [1.807, 2.05) is 0 Å². The average molecular weight is 251 g/mol. The number of aromatic nitrogens is 3. The van der Waals surface area contributed by atoms with Gasteiger partial charge in [-0.3, -0.25) is 0 Å². The molecule has 2 aromatic rings. The Hall–Kier alpha value is -2.02. The molecule has 0 aliphatic heterocycles. The molecular weight excluding hydrogens is 242 g/mol. The highest BCUT2D eigenvalue weighted by atomic mass is 32.1. The van der Waals surface area contributed by atoms with Crippen molar-refractivity contribution in [3.05, 3.63) is 23.2 Å². The number of nitrogens with zero attached hydrogens (tertiary/aromatic N) is 3. The van der Waals surface area contributed by atoms with Gasteiger partial charge in [0, 0.05) is 6.07 Å². The van der Waals surface area contributed by atoms with Crippen molar-refractivity contribution in [3.8, 4) is 16.6 Å². The second-order valence-electron chi connectivity index (χ2n) is 2.98. The molecule has 0 atom stereocenters. The van der Waals surface area contributed by atoms with Crippen molar-refractivity contribution in [2.45, 2.75) is 0 Å². The maximum absolute atomic E-state index is 11.3. The van der Waals surface area contributed by atoms with Crippen molar-refractivity contribution >= 4 is 17.3 Å². The highest BCUT2D eigenvalue weighted by molar-refractivity contribution is 7.16. The molecule has 0 amide bonds. The van der Waals surface area contributed by atoms with Crippen LogP contribution in [-0.4, -0.2) is 35.4 Å². The summed E-state index contributed by atoms with van der Waals surface area (Å²) in [4.78, 5) is 15.8. The lowest BCUT2D eigenvalue weighted by molar-refractivity contribution is 0.0606. The molecular formula is C10H9N3O3S. The van der Waals surface area contributed by atoms with Crippen LogP contribution in [0.25, 0.3) is 10.7 Å². The molecule has 2 aromatic heterocycles. The van der Waals surface area contributed by atoms with Crippen LogP contribution in [0.3, 0.4) is 0 Å². The predicted molar refractivity (Wildman–Crippen MR) is 61.0 cm³/mol. The molecule has 0 bridgehead atoms. The van der Waals surface area contributed by atoms with Gasteiger partial charge in [-0.05, 0) is 6.07 Å². The van der Waals surface area contributed by atoms with Gasteiger partial charge >= 0.3 is 5.97 Å². The normalized spacial score (nSPS) is 10.0. The second-order valence-corrected chi connectivity index (χ2v) is 4.01. The molecule has 0 aliphatic carbocycles. The summed E-state index contributed by atoms with van der Waals surface area (Å²) >= 11 is 1.20. The Morgan fingerprint density at radius 3 is 2.71 bits per heavy atom. The van der Waals surface area contributed by atoms with E-state index in [1.54, 1.807) is 12.1 Å². The van der Waals surface area contributed by atoms with Crippen molar-refractivity contribution in [1.82, 2.24) is 15.2 Å². The Bertz CT molecular complexity index is 524. The summed E-state index contributed by atoms with van der Waals surface area (Å²) in [7, 11) is 2.84. The minimum Gasteiger partial charge on any atom is -0.480 e. The average Bonchev–Trinajstić information content (AvgIpc) is 2.87. The van der Waals surface area contributed by atoms with Crippen LogP contribution in [0.15, 0.2) is 18.3 Å². The molecule has 0 saturated heterocycles. The van der Waals surface area contributed by atoms with Gasteiger partial charge in [0.05, 0.1) is 20.4 Å². The van der Waals surface area contributed by atoms with E-state index in [-0.39, 0.29) is 0 Å². The van der Waals surface area contributed by atoms with Gasteiger partial charge in [0.1, 0.15) is 15.6 Å². The number of thiazole rings is 1. The standard InChI is InChI=1S/C10H9N3O3S/c1-15-8-4-3-6(12-13-8)9-11-5-7(17-9)10(14)16-2/h3-5H,1-2H3. The Labute approximate surface area is 101 Å². The number of hydrogen-bond acceptors (Lipinski definition) is 7. The lowest BCUT2D eigenvalue weighted by atomic mass is 10.4. The fourth-order valence-electron chi connectivity index (χ4n) is 1.13. The van der Waals surface area contributed by atoms with E-state index in [0.29, 0.717) is 21.5 Å². The summed E-state index contributed by atoms with van der Waals surface area (Å²) in [5.74, 6) is 0.0220. The smallest absolute Gasteiger partial charge is 0.349 e. The third kappa shape index (κ3) is 2.39. The van der Waals surface area contributed by atoms with E-state index in [1.165, 1.54) is 31.8 Å². The zero-order valence-corrected chi connectivity index (χ0v) is 10.0. The third-order valence-corrected chi connectivity index (χ3v) is 2.96. The SMILES string of the molecule is COC(=O)c1cnc(-c2ccc(OC)nn2)s1. The molecule has 0 N–H and O–H groups in total. The van der Waals surface area contributed by atoms with Crippen LogP contribution in [0.2, 0.25) is 0 Å². The highest BCUT2D eigenvalue weighted by Crippen LogP contribution is 2.24. The maximum Gasteiger partial charge on any atom is 0.349 e.